The van der Waals surface area contributed by atoms with Gasteiger partial charge in [-0.3, -0.25) is 9.88 Å². The highest BCUT2D eigenvalue weighted by Gasteiger charge is 2.27. The molecule has 0 spiro atoms. The molecule has 4 aromatic rings. The second-order valence-electron chi connectivity index (χ2n) is 8.22. The van der Waals surface area contributed by atoms with Crippen LogP contribution in [0.25, 0.3) is 28.0 Å². The average Bonchev–Trinajstić information content (AvgIpc) is 3.12. The SMILES string of the molecule is Cc1cn2cc(-c3cc4ccc(N5C[C@H](C)N(C)C[C@H]5C)nc4oc3=O)nc2cn1. The molecular formula is C22H24N6O2. The number of rotatable bonds is 2. The van der Waals surface area contributed by atoms with E-state index in [1.54, 1.807) is 12.3 Å². The molecule has 2 atom stereocenters. The maximum absolute atomic E-state index is 12.7. The van der Waals surface area contributed by atoms with Crippen LogP contribution in [-0.2, 0) is 0 Å². The molecule has 0 N–H and O–H groups in total. The van der Waals surface area contributed by atoms with Crippen molar-refractivity contribution in [3.05, 3.63) is 52.9 Å². The van der Waals surface area contributed by atoms with Crippen LogP contribution in [0.3, 0.4) is 0 Å². The number of piperazine rings is 1. The zero-order valence-corrected chi connectivity index (χ0v) is 17.5. The molecule has 5 rings (SSSR count). The van der Waals surface area contributed by atoms with Gasteiger partial charge in [0.15, 0.2) is 5.65 Å². The fourth-order valence-corrected chi connectivity index (χ4v) is 4.08. The van der Waals surface area contributed by atoms with E-state index < -0.39 is 5.63 Å². The summed E-state index contributed by atoms with van der Waals surface area (Å²) in [6, 6.07) is 6.52. The summed E-state index contributed by atoms with van der Waals surface area (Å²) in [6.45, 7) is 8.15. The van der Waals surface area contributed by atoms with Gasteiger partial charge in [0.1, 0.15) is 5.82 Å². The number of hydrogen-bond acceptors (Lipinski definition) is 7. The van der Waals surface area contributed by atoms with Crippen molar-refractivity contribution >= 4 is 22.6 Å². The van der Waals surface area contributed by atoms with Gasteiger partial charge in [-0.15, -0.1) is 0 Å². The highest BCUT2D eigenvalue weighted by Crippen LogP contribution is 2.25. The van der Waals surface area contributed by atoms with Gasteiger partial charge in [0.05, 0.1) is 23.1 Å². The van der Waals surface area contributed by atoms with E-state index in [1.807, 2.05) is 35.9 Å². The number of imidazole rings is 1. The molecule has 4 aromatic heterocycles. The number of aromatic nitrogens is 4. The zero-order chi connectivity index (χ0) is 21.0. The van der Waals surface area contributed by atoms with Crippen LogP contribution in [0.2, 0.25) is 0 Å². The zero-order valence-electron chi connectivity index (χ0n) is 17.5. The smallest absolute Gasteiger partial charge is 0.347 e. The van der Waals surface area contributed by atoms with Crippen LogP contribution in [0, 0.1) is 6.92 Å². The molecule has 8 heteroatoms. The molecule has 5 heterocycles. The first kappa shape index (κ1) is 18.7. The molecule has 0 saturated carbocycles. The highest BCUT2D eigenvalue weighted by molar-refractivity contribution is 5.80. The summed E-state index contributed by atoms with van der Waals surface area (Å²) in [7, 11) is 2.14. The number of nitrogens with zero attached hydrogens (tertiary/aromatic N) is 6. The van der Waals surface area contributed by atoms with E-state index in [9.17, 15) is 4.79 Å². The first-order valence-corrected chi connectivity index (χ1v) is 10.1. The third-order valence-corrected chi connectivity index (χ3v) is 5.92. The Balaban J connectivity index is 1.54. The molecule has 0 aliphatic carbocycles. The Hall–Kier alpha value is -3.26. The van der Waals surface area contributed by atoms with Gasteiger partial charge in [-0.05, 0) is 46.0 Å². The van der Waals surface area contributed by atoms with Gasteiger partial charge in [0.2, 0.25) is 5.71 Å². The van der Waals surface area contributed by atoms with Crippen molar-refractivity contribution in [1.29, 1.82) is 0 Å². The predicted octanol–water partition coefficient (Wildman–Crippen LogP) is 2.73. The number of aryl methyl sites for hydroxylation is 1. The third kappa shape index (κ3) is 3.13. The Morgan fingerprint density at radius 3 is 2.77 bits per heavy atom. The van der Waals surface area contributed by atoms with Crippen LogP contribution in [0.4, 0.5) is 5.82 Å². The minimum absolute atomic E-state index is 0.331. The van der Waals surface area contributed by atoms with E-state index >= 15 is 0 Å². The summed E-state index contributed by atoms with van der Waals surface area (Å²) in [6.07, 6.45) is 5.38. The highest BCUT2D eigenvalue weighted by atomic mass is 16.4. The summed E-state index contributed by atoms with van der Waals surface area (Å²) in [5.41, 5.74) is 2.44. The third-order valence-electron chi connectivity index (χ3n) is 5.92. The van der Waals surface area contributed by atoms with E-state index in [0.717, 1.165) is 30.0 Å². The molecule has 1 aliphatic rings. The van der Waals surface area contributed by atoms with Crippen molar-refractivity contribution in [2.24, 2.45) is 0 Å². The summed E-state index contributed by atoms with van der Waals surface area (Å²) in [5, 5.41) is 0.773. The molecule has 8 nitrogen and oxygen atoms in total. The Labute approximate surface area is 173 Å². The Morgan fingerprint density at radius 2 is 1.93 bits per heavy atom. The van der Waals surface area contributed by atoms with Crippen molar-refractivity contribution in [2.45, 2.75) is 32.9 Å². The predicted molar refractivity (Wildman–Crippen MR) is 116 cm³/mol. The largest absolute Gasteiger partial charge is 0.403 e. The maximum atomic E-state index is 12.7. The number of fused-ring (bicyclic) bond motifs is 2. The summed E-state index contributed by atoms with van der Waals surface area (Å²) < 4.78 is 7.47. The van der Waals surface area contributed by atoms with Crippen LogP contribution in [0.5, 0.6) is 0 Å². The number of anilines is 1. The normalized spacial score (nSPS) is 20.3. The lowest BCUT2D eigenvalue weighted by Crippen LogP contribution is -2.55. The van der Waals surface area contributed by atoms with Gasteiger partial charge in [0.25, 0.3) is 0 Å². The van der Waals surface area contributed by atoms with Crippen LogP contribution < -0.4 is 10.5 Å². The van der Waals surface area contributed by atoms with Gasteiger partial charge < -0.3 is 13.7 Å². The van der Waals surface area contributed by atoms with Gasteiger partial charge >= 0.3 is 5.63 Å². The Bertz CT molecular complexity index is 1310. The van der Waals surface area contributed by atoms with Crippen LogP contribution >= 0.6 is 0 Å². The second-order valence-corrected chi connectivity index (χ2v) is 8.22. The fraction of sp³-hybridized carbons (Fsp3) is 0.364. The molecule has 1 saturated heterocycles. The van der Waals surface area contributed by atoms with Crippen LogP contribution in [0.1, 0.15) is 19.5 Å². The molecule has 0 aromatic carbocycles. The van der Waals surface area contributed by atoms with Crippen molar-refractivity contribution in [2.75, 3.05) is 25.0 Å². The minimum Gasteiger partial charge on any atom is -0.403 e. The molecule has 154 valence electrons. The molecule has 1 fully saturated rings. The Morgan fingerprint density at radius 1 is 1.10 bits per heavy atom. The average molecular weight is 404 g/mol. The summed E-state index contributed by atoms with van der Waals surface area (Å²) >= 11 is 0. The minimum atomic E-state index is -0.444. The quantitative estimate of drug-likeness (QED) is 0.508. The van der Waals surface area contributed by atoms with Gasteiger partial charge in [-0.25, -0.2) is 9.78 Å². The maximum Gasteiger partial charge on any atom is 0.347 e. The van der Waals surface area contributed by atoms with Crippen molar-refractivity contribution in [1.82, 2.24) is 24.3 Å². The summed E-state index contributed by atoms with van der Waals surface area (Å²) in [5.74, 6) is 0.833. The van der Waals surface area contributed by atoms with E-state index in [1.165, 1.54) is 0 Å². The number of pyridine rings is 1. The lowest BCUT2D eigenvalue weighted by atomic mass is 10.1. The lowest BCUT2D eigenvalue weighted by molar-refractivity contribution is 0.205. The molecule has 1 aliphatic heterocycles. The molecule has 0 radical (unpaired) electrons. The first-order chi connectivity index (χ1) is 14.4. The van der Waals surface area contributed by atoms with Crippen LogP contribution in [-0.4, -0.2) is 56.5 Å². The first-order valence-electron chi connectivity index (χ1n) is 10.1. The molecule has 0 bridgehead atoms. The van der Waals surface area contributed by atoms with E-state index in [0.29, 0.717) is 34.7 Å². The standard InChI is InChI=1S/C22H24N6O2/c1-13-9-27-12-18(24-20(27)8-23-13)17-7-16-5-6-19(25-21(16)30-22(17)29)28-11-14(2)26(4)10-15(28)3/h5-9,12,14-15H,10-11H2,1-4H3/t14-,15+/m0/s1. The lowest BCUT2D eigenvalue weighted by Gasteiger charge is -2.43. The Kier molecular flexibility index (Phi) is 4.32. The van der Waals surface area contributed by atoms with Crippen LogP contribution in [0.15, 0.2) is 46.0 Å². The topological polar surface area (TPSA) is 79.8 Å². The van der Waals surface area contributed by atoms with Crippen molar-refractivity contribution < 1.29 is 4.42 Å². The van der Waals surface area contributed by atoms with Crippen molar-refractivity contribution in [3.63, 3.8) is 0 Å². The van der Waals surface area contributed by atoms with Gasteiger partial charge in [0, 0.05) is 43.0 Å². The summed E-state index contributed by atoms with van der Waals surface area (Å²) in [4.78, 5) is 30.8. The van der Waals surface area contributed by atoms with E-state index in [4.69, 9.17) is 4.42 Å². The second kappa shape index (κ2) is 6.91. The van der Waals surface area contributed by atoms with E-state index in [-0.39, 0.29) is 0 Å². The molecule has 0 unspecified atom stereocenters. The van der Waals surface area contributed by atoms with Crippen molar-refractivity contribution in [3.8, 4) is 11.3 Å². The molecule has 0 amide bonds. The molecule has 30 heavy (non-hydrogen) atoms. The van der Waals surface area contributed by atoms with Gasteiger partial charge in [-0.2, -0.15) is 4.98 Å². The number of hydrogen-bond donors (Lipinski definition) is 0. The van der Waals surface area contributed by atoms with E-state index in [2.05, 4.69) is 45.6 Å². The monoisotopic (exact) mass is 404 g/mol. The van der Waals surface area contributed by atoms with Gasteiger partial charge in [-0.1, -0.05) is 0 Å². The fourth-order valence-electron chi connectivity index (χ4n) is 4.08. The molecular weight excluding hydrogens is 380 g/mol. The number of likely N-dealkylation sites (N-methyl/N-ethyl adjacent to an activating group) is 1.